The number of hydrogen-bond acceptors (Lipinski definition) is 1. The third-order valence-electron chi connectivity index (χ3n) is 3.15. The Balaban J connectivity index is 2.06. The first-order valence-electron chi connectivity index (χ1n) is 5.92. The summed E-state index contributed by atoms with van der Waals surface area (Å²) in [6, 6.07) is 16.9. The van der Waals surface area contributed by atoms with Crippen LogP contribution in [0.5, 0.6) is 0 Å². The molecular formula is C16H13ClS. The lowest BCUT2D eigenvalue weighted by Crippen LogP contribution is -1.91. The average molecular weight is 273 g/mol. The van der Waals surface area contributed by atoms with Crippen LogP contribution in [0, 0.1) is 6.92 Å². The van der Waals surface area contributed by atoms with E-state index in [1.165, 1.54) is 21.2 Å². The second kappa shape index (κ2) is 4.75. The van der Waals surface area contributed by atoms with Crippen molar-refractivity contribution >= 4 is 33.0 Å². The molecule has 0 spiro atoms. The van der Waals surface area contributed by atoms with Gasteiger partial charge in [-0.15, -0.1) is 22.9 Å². The van der Waals surface area contributed by atoms with E-state index in [1.54, 1.807) is 11.3 Å². The monoisotopic (exact) mass is 272 g/mol. The van der Waals surface area contributed by atoms with Crippen LogP contribution in [0.4, 0.5) is 0 Å². The van der Waals surface area contributed by atoms with Crippen molar-refractivity contribution in [1.82, 2.24) is 0 Å². The zero-order valence-corrected chi connectivity index (χ0v) is 11.6. The number of thiophene rings is 1. The van der Waals surface area contributed by atoms with Crippen LogP contribution < -0.4 is 0 Å². The molecule has 0 aliphatic heterocycles. The maximum Gasteiger partial charge on any atom is 0.0849 e. The summed E-state index contributed by atoms with van der Waals surface area (Å²) < 4.78 is 1.30. The van der Waals surface area contributed by atoms with Crippen molar-refractivity contribution in [2.24, 2.45) is 0 Å². The van der Waals surface area contributed by atoms with Crippen LogP contribution in [0.25, 0.3) is 10.1 Å². The van der Waals surface area contributed by atoms with Crippen molar-refractivity contribution in [1.29, 1.82) is 0 Å². The molecule has 1 aromatic heterocycles. The van der Waals surface area contributed by atoms with Crippen molar-refractivity contribution in [2.75, 3.05) is 0 Å². The number of hydrogen-bond donors (Lipinski definition) is 0. The molecule has 0 amide bonds. The van der Waals surface area contributed by atoms with E-state index in [9.17, 15) is 0 Å². The van der Waals surface area contributed by atoms with Crippen LogP contribution in [0.15, 0.2) is 53.9 Å². The molecule has 0 saturated heterocycles. The van der Waals surface area contributed by atoms with Crippen LogP contribution in [0.3, 0.4) is 0 Å². The number of fused-ring (bicyclic) bond motifs is 1. The van der Waals surface area contributed by atoms with Crippen molar-refractivity contribution in [3.05, 3.63) is 70.6 Å². The third kappa shape index (κ3) is 2.05. The minimum Gasteiger partial charge on any atom is -0.143 e. The lowest BCUT2D eigenvalue weighted by molar-refractivity contribution is 1.16. The Morgan fingerprint density at radius 3 is 2.50 bits per heavy atom. The van der Waals surface area contributed by atoms with Crippen molar-refractivity contribution in [3.63, 3.8) is 0 Å². The fourth-order valence-corrected chi connectivity index (χ4v) is 3.50. The van der Waals surface area contributed by atoms with Gasteiger partial charge in [-0.3, -0.25) is 0 Å². The molecule has 1 heterocycles. The first-order chi connectivity index (χ1) is 8.75. The minimum absolute atomic E-state index is 0.0678. The molecule has 3 rings (SSSR count). The van der Waals surface area contributed by atoms with Gasteiger partial charge in [-0.1, -0.05) is 48.0 Å². The topological polar surface area (TPSA) is 0 Å². The number of rotatable bonds is 2. The molecule has 0 radical (unpaired) electrons. The van der Waals surface area contributed by atoms with Crippen LogP contribution >= 0.6 is 22.9 Å². The maximum absolute atomic E-state index is 6.61. The van der Waals surface area contributed by atoms with E-state index in [-0.39, 0.29) is 5.38 Å². The minimum atomic E-state index is -0.0678. The Bertz CT molecular complexity index is 667. The van der Waals surface area contributed by atoms with Crippen LogP contribution in [-0.2, 0) is 0 Å². The maximum atomic E-state index is 6.61. The van der Waals surface area contributed by atoms with E-state index in [0.717, 1.165) is 5.56 Å². The first kappa shape index (κ1) is 11.8. The standard InChI is InChI=1S/C16H13ClS/c1-11-6-8-12(9-7-11)16(17)14-10-18-15-5-3-2-4-13(14)15/h2-10,16H,1H3. The SMILES string of the molecule is Cc1ccc(C(Cl)c2csc3ccccc23)cc1. The van der Waals surface area contributed by atoms with E-state index < -0.39 is 0 Å². The Morgan fingerprint density at radius 1 is 1.00 bits per heavy atom. The highest BCUT2D eigenvalue weighted by atomic mass is 35.5. The molecule has 0 fully saturated rings. The molecule has 1 unspecified atom stereocenters. The molecule has 0 nitrogen and oxygen atoms in total. The van der Waals surface area contributed by atoms with Crippen molar-refractivity contribution in [3.8, 4) is 0 Å². The Morgan fingerprint density at radius 2 is 1.72 bits per heavy atom. The van der Waals surface area contributed by atoms with Crippen molar-refractivity contribution < 1.29 is 0 Å². The molecule has 2 heteroatoms. The summed E-state index contributed by atoms with van der Waals surface area (Å²) in [5.41, 5.74) is 3.63. The molecule has 0 aliphatic rings. The second-order valence-electron chi connectivity index (χ2n) is 4.46. The third-order valence-corrected chi connectivity index (χ3v) is 4.62. The largest absolute Gasteiger partial charge is 0.143 e. The Labute approximate surface area is 116 Å². The van der Waals surface area contributed by atoms with Gasteiger partial charge in [-0.2, -0.15) is 0 Å². The Hall–Kier alpha value is -1.31. The quantitative estimate of drug-likeness (QED) is 0.538. The first-order valence-corrected chi connectivity index (χ1v) is 7.24. The normalized spacial score (nSPS) is 12.8. The van der Waals surface area contributed by atoms with Gasteiger partial charge in [0.15, 0.2) is 0 Å². The summed E-state index contributed by atoms with van der Waals surface area (Å²) >= 11 is 8.37. The molecule has 90 valence electrons. The van der Waals surface area contributed by atoms with Crippen LogP contribution in [0.2, 0.25) is 0 Å². The molecule has 2 aromatic carbocycles. The fraction of sp³-hybridized carbons (Fsp3) is 0.125. The van der Waals surface area contributed by atoms with Crippen LogP contribution in [0.1, 0.15) is 22.1 Å². The summed E-state index contributed by atoms with van der Waals surface area (Å²) in [5.74, 6) is 0. The number of halogens is 1. The molecule has 0 saturated carbocycles. The average Bonchev–Trinajstić information content (AvgIpc) is 2.82. The predicted octanol–water partition coefficient (Wildman–Crippen LogP) is 5.54. The summed E-state index contributed by atoms with van der Waals surface area (Å²) in [5, 5.41) is 3.37. The smallest absolute Gasteiger partial charge is 0.0849 e. The van der Waals surface area contributed by atoms with E-state index in [1.807, 2.05) is 0 Å². The highest BCUT2D eigenvalue weighted by molar-refractivity contribution is 7.17. The van der Waals surface area contributed by atoms with Gasteiger partial charge in [0.2, 0.25) is 0 Å². The van der Waals surface area contributed by atoms with Crippen LogP contribution in [-0.4, -0.2) is 0 Å². The van der Waals surface area contributed by atoms with Gasteiger partial charge in [0, 0.05) is 4.70 Å². The Kier molecular flexibility index (Phi) is 3.11. The van der Waals surface area contributed by atoms with Gasteiger partial charge in [-0.05, 0) is 34.9 Å². The van der Waals surface area contributed by atoms with Gasteiger partial charge < -0.3 is 0 Å². The lowest BCUT2D eigenvalue weighted by Gasteiger charge is -2.09. The van der Waals surface area contributed by atoms with Gasteiger partial charge in [0.1, 0.15) is 0 Å². The molecular weight excluding hydrogens is 260 g/mol. The van der Waals surface area contributed by atoms with E-state index in [0.29, 0.717) is 0 Å². The molecule has 3 aromatic rings. The number of aryl methyl sites for hydroxylation is 1. The van der Waals surface area contributed by atoms with Crippen molar-refractivity contribution in [2.45, 2.75) is 12.3 Å². The molecule has 0 aliphatic carbocycles. The highest BCUT2D eigenvalue weighted by Gasteiger charge is 2.14. The predicted molar refractivity (Wildman–Crippen MR) is 80.7 cm³/mol. The zero-order chi connectivity index (χ0) is 12.5. The fourth-order valence-electron chi connectivity index (χ4n) is 2.11. The second-order valence-corrected chi connectivity index (χ2v) is 5.81. The number of alkyl halides is 1. The molecule has 0 bridgehead atoms. The van der Waals surface area contributed by atoms with Gasteiger partial charge >= 0.3 is 0 Å². The summed E-state index contributed by atoms with van der Waals surface area (Å²) in [4.78, 5) is 0. The van der Waals surface area contributed by atoms with E-state index >= 15 is 0 Å². The van der Waals surface area contributed by atoms with Gasteiger partial charge in [0.25, 0.3) is 0 Å². The summed E-state index contributed by atoms with van der Waals surface area (Å²) in [7, 11) is 0. The zero-order valence-electron chi connectivity index (χ0n) is 10.1. The van der Waals surface area contributed by atoms with E-state index in [4.69, 9.17) is 11.6 Å². The molecule has 1 atom stereocenters. The summed E-state index contributed by atoms with van der Waals surface area (Å²) in [6.45, 7) is 2.09. The summed E-state index contributed by atoms with van der Waals surface area (Å²) in [6.07, 6.45) is 0. The van der Waals surface area contributed by atoms with Gasteiger partial charge in [0.05, 0.1) is 5.38 Å². The number of benzene rings is 2. The highest BCUT2D eigenvalue weighted by Crippen LogP contribution is 2.37. The lowest BCUT2D eigenvalue weighted by atomic mass is 10.0. The molecule has 18 heavy (non-hydrogen) atoms. The van der Waals surface area contributed by atoms with Gasteiger partial charge in [-0.25, -0.2) is 0 Å². The molecule has 0 N–H and O–H groups in total. The van der Waals surface area contributed by atoms with E-state index in [2.05, 4.69) is 60.8 Å².